The summed E-state index contributed by atoms with van der Waals surface area (Å²) in [4.78, 5) is 38.3. The van der Waals surface area contributed by atoms with Crippen LogP contribution in [0.2, 0.25) is 0 Å². The zero-order chi connectivity index (χ0) is 24.2. The van der Waals surface area contributed by atoms with Crippen LogP contribution < -0.4 is 5.32 Å². The van der Waals surface area contributed by atoms with Gasteiger partial charge in [-0.25, -0.2) is 9.59 Å². The smallest absolute Gasteiger partial charge is 0.407 e. The van der Waals surface area contributed by atoms with Crippen LogP contribution >= 0.6 is 0 Å². The van der Waals surface area contributed by atoms with Gasteiger partial charge in [-0.1, -0.05) is 62.4 Å². The highest BCUT2D eigenvalue weighted by molar-refractivity contribution is 5.84. The van der Waals surface area contributed by atoms with Crippen LogP contribution in [-0.2, 0) is 14.3 Å². The number of alkyl carbamates (subject to hydrolysis) is 1. The molecule has 2 aromatic rings. The van der Waals surface area contributed by atoms with Gasteiger partial charge in [0, 0.05) is 25.4 Å². The number of carbonyl (C=O) groups excluding carboxylic acids is 2. The van der Waals surface area contributed by atoms with Crippen LogP contribution in [0.1, 0.15) is 50.2 Å². The Morgan fingerprint density at radius 1 is 1.09 bits per heavy atom. The maximum Gasteiger partial charge on any atom is 0.407 e. The maximum absolute atomic E-state index is 12.8. The molecule has 1 aliphatic carbocycles. The number of nitrogens with zero attached hydrogens (tertiary/aromatic N) is 1. The Balaban J connectivity index is 1.28. The minimum atomic E-state index is -0.954. The van der Waals surface area contributed by atoms with E-state index in [1.165, 1.54) is 16.0 Å². The third kappa shape index (κ3) is 4.93. The Morgan fingerprint density at radius 2 is 1.71 bits per heavy atom. The monoisotopic (exact) mass is 464 g/mol. The number of rotatable bonds is 7. The summed E-state index contributed by atoms with van der Waals surface area (Å²) in [5.74, 6) is -1.35. The normalized spacial score (nSPS) is 20.2. The number of carboxylic acid groups (broad SMARTS) is 1. The summed E-state index contributed by atoms with van der Waals surface area (Å²) in [6.45, 7) is 4.72. The molecule has 34 heavy (non-hydrogen) atoms. The molecule has 3 unspecified atom stereocenters. The van der Waals surface area contributed by atoms with E-state index < -0.39 is 18.1 Å². The molecular formula is C27H32N2O5. The van der Waals surface area contributed by atoms with Gasteiger partial charge < -0.3 is 20.1 Å². The van der Waals surface area contributed by atoms with Crippen molar-refractivity contribution in [1.82, 2.24) is 10.2 Å². The molecule has 0 aromatic heterocycles. The largest absolute Gasteiger partial charge is 0.480 e. The Morgan fingerprint density at radius 3 is 2.32 bits per heavy atom. The first-order valence-electron chi connectivity index (χ1n) is 12.0. The molecule has 2 aromatic carbocycles. The first-order chi connectivity index (χ1) is 16.4. The molecule has 1 heterocycles. The predicted octanol–water partition coefficient (Wildman–Crippen LogP) is 4.26. The SMILES string of the molecule is CC(CNC(=O)OCC1c2ccccc2-c2ccccc21)CC(=O)N1CCCC(C)C1C(=O)O. The molecule has 0 spiro atoms. The van der Waals surface area contributed by atoms with Crippen LogP contribution in [0.15, 0.2) is 48.5 Å². The van der Waals surface area contributed by atoms with Gasteiger partial charge in [-0.05, 0) is 46.9 Å². The molecule has 3 atom stereocenters. The van der Waals surface area contributed by atoms with E-state index in [0.717, 1.165) is 24.0 Å². The second-order valence-corrected chi connectivity index (χ2v) is 9.51. The standard InChI is InChI=1S/C27H32N2O5/c1-17(14-24(30)29-13-7-8-18(2)25(29)26(31)32)15-28-27(33)34-16-23-21-11-5-3-9-19(21)20-10-4-6-12-22(20)23/h3-6,9-12,17-18,23,25H,7-8,13-16H2,1-2H3,(H,28,33)(H,31,32). The lowest BCUT2D eigenvalue weighted by Gasteiger charge is -2.37. The van der Waals surface area contributed by atoms with Crippen LogP contribution in [-0.4, -0.2) is 53.7 Å². The van der Waals surface area contributed by atoms with Crippen molar-refractivity contribution in [2.75, 3.05) is 19.7 Å². The average Bonchev–Trinajstić information content (AvgIpc) is 3.14. The fourth-order valence-electron chi connectivity index (χ4n) is 5.24. The van der Waals surface area contributed by atoms with Crippen LogP contribution in [0.3, 0.4) is 0 Å². The zero-order valence-corrected chi connectivity index (χ0v) is 19.7. The van der Waals surface area contributed by atoms with E-state index in [1.54, 1.807) is 0 Å². The third-order valence-electron chi connectivity index (χ3n) is 6.97. The molecule has 180 valence electrons. The summed E-state index contributed by atoms with van der Waals surface area (Å²) in [6.07, 6.45) is 1.28. The Hall–Kier alpha value is -3.35. The zero-order valence-electron chi connectivity index (χ0n) is 19.7. The topological polar surface area (TPSA) is 95.9 Å². The summed E-state index contributed by atoms with van der Waals surface area (Å²) in [5, 5.41) is 12.3. The van der Waals surface area contributed by atoms with Crippen LogP contribution in [0.4, 0.5) is 4.79 Å². The number of ether oxygens (including phenoxy) is 1. The van der Waals surface area contributed by atoms with Crippen molar-refractivity contribution in [2.24, 2.45) is 11.8 Å². The second-order valence-electron chi connectivity index (χ2n) is 9.51. The second kappa shape index (κ2) is 10.3. The van der Waals surface area contributed by atoms with E-state index in [2.05, 4.69) is 29.6 Å². The van der Waals surface area contributed by atoms with Gasteiger partial charge >= 0.3 is 12.1 Å². The van der Waals surface area contributed by atoms with Crippen molar-refractivity contribution in [3.63, 3.8) is 0 Å². The van der Waals surface area contributed by atoms with E-state index in [0.29, 0.717) is 6.54 Å². The number of fused-ring (bicyclic) bond motifs is 3. The molecule has 7 nitrogen and oxygen atoms in total. The molecular weight excluding hydrogens is 432 g/mol. The summed E-state index contributed by atoms with van der Waals surface area (Å²) < 4.78 is 5.55. The van der Waals surface area contributed by atoms with E-state index in [4.69, 9.17) is 4.74 Å². The molecule has 2 amide bonds. The van der Waals surface area contributed by atoms with Gasteiger partial charge in [-0.3, -0.25) is 4.79 Å². The van der Waals surface area contributed by atoms with Crippen LogP contribution in [0.5, 0.6) is 0 Å². The van der Waals surface area contributed by atoms with E-state index in [-0.39, 0.29) is 43.2 Å². The molecule has 4 rings (SSSR count). The summed E-state index contributed by atoms with van der Waals surface area (Å²) in [5.41, 5.74) is 4.65. The molecule has 1 aliphatic heterocycles. The van der Waals surface area contributed by atoms with Gasteiger partial charge in [0.1, 0.15) is 12.6 Å². The van der Waals surface area contributed by atoms with E-state index in [1.807, 2.05) is 38.1 Å². The lowest BCUT2D eigenvalue weighted by molar-refractivity contribution is -0.155. The van der Waals surface area contributed by atoms with E-state index >= 15 is 0 Å². The number of hydrogen-bond donors (Lipinski definition) is 2. The van der Waals surface area contributed by atoms with Gasteiger partial charge in [0.2, 0.25) is 5.91 Å². The molecule has 2 aliphatic rings. The number of piperidine rings is 1. The van der Waals surface area contributed by atoms with Crippen molar-refractivity contribution in [2.45, 2.75) is 45.1 Å². The quantitative estimate of drug-likeness (QED) is 0.638. The maximum atomic E-state index is 12.8. The Bertz CT molecular complexity index is 1020. The average molecular weight is 465 g/mol. The Labute approximate surface area is 200 Å². The number of amides is 2. The molecule has 1 fully saturated rings. The highest BCUT2D eigenvalue weighted by Crippen LogP contribution is 2.44. The van der Waals surface area contributed by atoms with Crippen LogP contribution in [0, 0.1) is 11.8 Å². The number of likely N-dealkylation sites (tertiary alicyclic amines) is 1. The highest BCUT2D eigenvalue weighted by Gasteiger charge is 2.37. The minimum absolute atomic E-state index is 0.00815. The number of aliphatic carboxylic acids is 1. The summed E-state index contributed by atoms with van der Waals surface area (Å²) in [6, 6.07) is 15.6. The highest BCUT2D eigenvalue weighted by atomic mass is 16.5. The van der Waals surface area contributed by atoms with Crippen molar-refractivity contribution in [3.8, 4) is 11.1 Å². The first kappa shape index (κ1) is 23.8. The molecule has 0 radical (unpaired) electrons. The van der Waals surface area contributed by atoms with Crippen molar-refractivity contribution >= 4 is 18.0 Å². The summed E-state index contributed by atoms with van der Waals surface area (Å²) in [7, 11) is 0. The summed E-state index contributed by atoms with van der Waals surface area (Å²) >= 11 is 0. The lowest BCUT2D eigenvalue weighted by atomic mass is 9.90. The lowest BCUT2D eigenvalue weighted by Crippen LogP contribution is -2.52. The third-order valence-corrected chi connectivity index (χ3v) is 6.97. The number of carboxylic acids is 1. The van der Waals surface area contributed by atoms with Gasteiger partial charge in [0.15, 0.2) is 0 Å². The molecule has 7 heteroatoms. The molecule has 0 saturated carbocycles. The predicted molar refractivity (Wildman–Crippen MR) is 128 cm³/mol. The number of carbonyl (C=O) groups is 3. The molecule has 1 saturated heterocycles. The molecule has 0 bridgehead atoms. The fraction of sp³-hybridized carbons (Fsp3) is 0.444. The van der Waals surface area contributed by atoms with Gasteiger partial charge in [0.25, 0.3) is 0 Å². The van der Waals surface area contributed by atoms with Gasteiger partial charge in [0.05, 0.1) is 0 Å². The first-order valence-corrected chi connectivity index (χ1v) is 12.0. The Kier molecular flexibility index (Phi) is 7.20. The number of hydrogen-bond acceptors (Lipinski definition) is 4. The van der Waals surface area contributed by atoms with E-state index in [9.17, 15) is 19.5 Å². The van der Waals surface area contributed by atoms with Crippen molar-refractivity contribution in [1.29, 1.82) is 0 Å². The van der Waals surface area contributed by atoms with Gasteiger partial charge in [-0.15, -0.1) is 0 Å². The van der Waals surface area contributed by atoms with Crippen molar-refractivity contribution in [3.05, 3.63) is 59.7 Å². The van der Waals surface area contributed by atoms with Gasteiger partial charge in [-0.2, -0.15) is 0 Å². The van der Waals surface area contributed by atoms with Crippen LogP contribution in [0.25, 0.3) is 11.1 Å². The number of benzene rings is 2. The fourth-order valence-corrected chi connectivity index (χ4v) is 5.24. The van der Waals surface area contributed by atoms with Crippen molar-refractivity contribution < 1.29 is 24.2 Å². The number of nitrogens with one attached hydrogen (secondary N) is 1. The molecule has 2 N–H and O–H groups in total. The minimum Gasteiger partial charge on any atom is -0.480 e.